The lowest BCUT2D eigenvalue weighted by molar-refractivity contribution is -0.154. The van der Waals surface area contributed by atoms with Gasteiger partial charge in [0.1, 0.15) is 0 Å². The van der Waals surface area contributed by atoms with Crippen molar-refractivity contribution >= 4 is 23.9 Å². The highest BCUT2D eigenvalue weighted by Crippen LogP contribution is 2.27. The first-order chi connectivity index (χ1) is 13.6. The van der Waals surface area contributed by atoms with Crippen molar-refractivity contribution in [2.24, 2.45) is 23.7 Å². The van der Waals surface area contributed by atoms with Crippen LogP contribution in [0.3, 0.4) is 0 Å². The molecule has 168 valence electrons. The first-order valence-corrected chi connectivity index (χ1v) is 10.6. The first kappa shape index (κ1) is 26.9. The van der Waals surface area contributed by atoms with Crippen molar-refractivity contribution in [3.05, 3.63) is 0 Å². The van der Waals surface area contributed by atoms with Gasteiger partial charge in [0.05, 0.1) is 23.7 Å². The van der Waals surface area contributed by atoms with Crippen LogP contribution < -0.4 is 0 Å². The Labute approximate surface area is 172 Å². The number of carbonyl (C=O) groups is 4. The minimum absolute atomic E-state index is 0.0972. The van der Waals surface area contributed by atoms with Gasteiger partial charge in [-0.15, -0.1) is 0 Å². The molecule has 0 radical (unpaired) electrons. The van der Waals surface area contributed by atoms with Gasteiger partial charge in [-0.05, 0) is 32.1 Å². The predicted molar refractivity (Wildman–Crippen MR) is 107 cm³/mol. The summed E-state index contributed by atoms with van der Waals surface area (Å²) in [6.07, 6.45) is 5.22. The maximum atomic E-state index is 11.5. The van der Waals surface area contributed by atoms with Gasteiger partial charge in [0.25, 0.3) is 0 Å². The van der Waals surface area contributed by atoms with E-state index < -0.39 is 47.5 Å². The fraction of sp³-hybridized carbons (Fsp3) is 0.810. The zero-order valence-electron chi connectivity index (χ0n) is 17.5. The third kappa shape index (κ3) is 10.9. The van der Waals surface area contributed by atoms with Crippen LogP contribution in [0.1, 0.15) is 84.5 Å². The Balaban J connectivity index is 4.60. The quantitative estimate of drug-likeness (QED) is 0.244. The molecular formula is C21H36O8. The molecule has 0 rings (SSSR count). The molecule has 0 aromatic heterocycles. The van der Waals surface area contributed by atoms with Crippen LogP contribution in [0, 0.1) is 23.7 Å². The third-order valence-electron chi connectivity index (χ3n) is 5.46. The van der Waals surface area contributed by atoms with E-state index in [-0.39, 0.29) is 12.8 Å². The van der Waals surface area contributed by atoms with Crippen LogP contribution in [0.5, 0.6) is 0 Å². The van der Waals surface area contributed by atoms with E-state index in [9.17, 15) is 39.6 Å². The summed E-state index contributed by atoms with van der Waals surface area (Å²) in [7, 11) is 0. The van der Waals surface area contributed by atoms with Gasteiger partial charge >= 0.3 is 23.9 Å². The van der Waals surface area contributed by atoms with Crippen LogP contribution in [0.4, 0.5) is 0 Å². The maximum Gasteiger partial charge on any atom is 0.307 e. The summed E-state index contributed by atoms with van der Waals surface area (Å²) in [5.41, 5.74) is 0. The van der Waals surface area contributed by atoms with Crippen molar-refractivity contribution in [2.75, 3.05) is 0 Å². The topological polar surface area (TPSA) is 149 Å². The van der Waals surface area contributed by atoms with Gasteiger partial charge in [-0.1, -0.05) is 52.4 Å². The zero-order valence-corrected chi connectivity index (χ0v) is 17.5. The molecule has 0 heterocycles. The average molecular weight is 417 g/mol. The molecular weight excluding hydrogens is 380 g/mol. The van der Waals surface area contributed by atoms with Crippen molar-refractivity contribution in [1.82, 2.24) is 0 Å². The van der Waals surface area contributed by atoms with Gasteiger partial charge in [-0.25, -0.2) is 0 Å². The SMILES string of the molecule is CCCCC(CC(CCCCCC(C(=O)O)C(CCC)C(=O)O)C(=O)O)C(=O)O. The number of rotatable bonds is 18. The summed E-state index contributed by atoms with van der Waals surface area (Å²) in [5.74, 6) is -7.47. The highest BCUT2D eigenvalue weighted by molar-refractivity contribution is 5.79. The van der Waals surface area contributed by atoms with E-state index in [1.54, 1.807) is 0 Å². The van der Waals surface area contributed by atoms with Gasteiger partial charge in [0.2, 0.25) is 0 Å². The number of carboxylic acid groups (broad SMARTS) is 4. The van der Waals surface area contributed by atoms with Crippen molar-refractivity contribution in [3.63, 3.8) is 0 Å². The first-order valence-electron chi connectivity index (χ1n) is 10.6. The molecule has 0 fully saturated rings. The van der Waals surface area contributed by atoms with Crippen molar-refractivity contribution in [1.29, 1.82) is 0 Å². The number of carboxylic acids is 4. The second-order valence-corrected chi connectivity index (χ2v) is 7.76. The molecule has 8 nitrogen and oxygen atoms in total. The van der Waals surface area contributed by atoms with Crippen molar-refractivity contribution in [2.45, 2.75) is 84.5 Å². The van der Waals surface area contributed by atoms with Crippen LogP contribution in [-0.4, -0.2) is 44.3 Å². The molecule has 0 aromatic carbocycles. The molecule has 0 saturated heterocycles. The van der Waals surface area contributed by atoms with E-state index >= 15 is 0 Å². The Morgan fingerprint density at radius 1 is 0.552 bits per heavy atom. The molecule has 4 N–H and O–H groups in total. The van der Waals surface area contributed by atoms with E-state index in [0.29, 0.717) is 44.9 Å². The van der Waals surface area contributed by atoms with E-state index in [1.165, 1.54) is 0 Å². The highest BCUT2D eigenvalue weighted by Gasteiger charge is 2.32. The van der Waals surface area contributed by atoms with Crippen LogP contribution >= 0.6 is 0 Å². The summed E-state index contributed by atoms with van der Waals surface area (Å²) in [6, 6.07) is 0. The minimum Gasteiger partial charge on any atom is -0.481 e. The lowest BCUT2D eigenvalue weighted by Crippen LogP contribution is -2.29. The second kappa shape index (κ2) is 14.8. The molecule has 0 amide bonds. The average Bonchev–Trinajstić information content (AvgIpc) is 2.63. The molecule has 4 atom stereocenters. The van der Waals surface area contributed by atoms with Gasteiger partial charge < -0.3 is 20.4 Å². The normalized spacial score (nSPS) is 15.2. The number of hydrogen-bond donors (Lipinski definition) is 4. The highest BCUT2D eigenvalue weighted by atomic mass is 16.4. The van der Waals surface area contributed by atoms with Crippen LogP contribution in [-0.2, 0) is 19.2 Å². The van der Waals surface area contributed by atoms with E-state index in [4.69, 9.17) is 0 Å². The van der Waals surface area contributed by atoms with E-state index in [1.807, 2.05) is 13.8 Å². The molecule has 29 heavy (non-hydrogen) atoms. The largest absolute Gasteiger partial charge is 0.481 e. The monoisotopic (exact) mass is 416 g/mol. The molecule has 4 unspecified atom stereocenters. The Morgan fingerprint density at radius 3 is 1.41 bits per heavy atom. The number of unbranched alkanes of at least 4 members (excludes halogenated alkanes) is 3. The van der Waals surface area contributed by atoms with Crippen LogP contribution in [0.15, 0.2) is 0 Å². The lowest BCUT2D eigenvalue weighted by atomic mass is 9.84. The Bertz CT molecular complexity index is 531. The van der Waals surface area contributed by atoms with Crippen molar-refractivity contribution < 1.29 is 39.6 Å². The van der Waals surface area contributed by atoms with Gasteiger partial charge in [0, 0.05) is 0 Å². The van der Waals surface area contributed by atoms with Gasteiger partial charge in [-0.3, -0.25) is 19.2 Å². The fourth-order valence-electron chi connectivity index (χ4n) is 3.71. The summed E-state index contributed by atoms with van der Waals surface area (Å²) >= 11 is 0. The fourth-order valence-corrected chi connectivity index (χ4v) is 3.71. The summed E-state index contributed by atoms with van der Waals surface area (Å²) in [4.78, 5) is 45.6. The maximum absolute atomic E-state index is 11.5. The van der Waals surface area contributed by atoms with Crippen molar-refractivity contribution in [3.8, 4) is 0 Å². The molecule has 0 aliphatic rings. The summed E-state index contributed by atoms with van der Waals surface area (Å²) < 4.78 is 0. The molecule has 8 heteroatoms. The smallest absolute Gasteiger partial charge is 0.307 e. The molecule has 0 bridgehead atoms. The lowest BCUT2D eigenvalue weighted by Gasteiger charge is -2.20. The Hall–Kier alpha value is -2.12. The van der Waals surface area contributed by atoms with E-state index in [0.717, 1.165) is 12.8 Å². The predicted octanol–water partition coefficient (Wildman–Crippen LogP) is 4.12. The number of hydrogen-bond acceptors (Lipinski definition) is 4. The zero-order chi connectivity index (χ0) is 22.4. The second-order valence-electron chi connectivity index (χ2n) is 7.76. The standard InChI is InChI=1S/C21H36O8/c1-3-5-10-14(18(22)23)13-15(19(24)25)11-7-6-8-12-17(21(28)29)16(9-4-2)20(26)27/h14-17H,3-13H2,1-2H3,(H,22,23)(H,24,25)(H,26,27)(H,28,29). The van der Waals surface area contributed by atoms with Crippen LogP contribution in [0.25, 0.3) is 0 Å². The summed E-state index contributed by atoms with van der Waals surface area (Å²) in [6.45, 7) is 3.76. The molecule has 0 aromatic rings. The molecule has 0 aliphatic carbocycles. The number of aliphatic carboxylic acids is 4. The molecule has 0 saturated carbocycles. The van der Waals surface area contributed by atoms with E-state index in [2.05, 4.69) is 0 Å². The Kier molecular flexibility index (Phi) is 13.7. The third-order valence-corrected chi connectivity index (χ3v) is 5.46. The Morgan fingerprint density at radius 2 is 1.00 bits per heavy atom. The summed E-state index contributed by atoms with van der Waals surface area (Å²) in [5, 5.41) is 37.3. The minimum atomic E-state index is -1.12. The molecule has 0 aliphatic heterocycles. The van der Waals surface area contributed by atoms with Gasteiger partial charge in [0.15, 0.2) is 0 Å². The van der Waals surface area contributed by atoms with Gasteiger partial charge in [-0.2, -0.15) is 0 Å². The van der Waals surface area contributed by atoms with Crippen LogP contribution in [0.2, 0.25) is 0 Å². The molecule has 0 spiro atoms.